The number of fused-ring (bicyclic) bond motifs is 1. The topological polar surface area (TPSA) is 125 Å². The molecule has 1 fully saturated rings. The fraction of sp³-hybridized carbons (Fsp3) is 0.611. The van der Waals surface area contributed by atoms with Crippen LogP contribution >= 0.6 is 0 Å². The summed E-state index contributed by atoms with van der Waals surface area (Å²) in [7, 11) is 2.10. The van der Waals surface area contributed by atoms with Gasteiger partial charge in [0.25, 0.3) is 5.91 Å². The van der Waals surface area contributed by atoms with Crippen LogP contribution in [0.3, 0.4) is 0 Å². The van der Waals surface area contributed by atoms with E-state index in [0.717, 1.165) is 50.4 Å². The third kappa shape index (κ3) is 10.4. The Bertz CT molecular complexity index is 1490. The third-order valence-corrected chi connectivity index (χ3v) is 8.01. The number of carbonyl (C=O) groups is 2. The fourth-order valence-electron chi connectivity index (χ4n) is 5.72. The number of hydrogen-bond donors (Lipinski definition) is 1. The van der Waals surface area contributed by atoms with Crippen LogP contribution in [0.15, 0.2) is 30.6 Å². The van der Waals surface area contributed by atoms with Gasteiger partial charge < -0.3 is 24.4 Å². The first-order valence-electron chi connectivity index (χ1n) is 17.9. The number of nitrogens with zero attached hydrogens (tertiary/aromatic N) is 9. The average molecular weight is 679 g/mol. The molecule has 5 rings (SSSR count). The Balaban J connectivity index is 0.00000157. The van der Waals surface area contributed by atoms with Crippen molar-refractivity contribution in [3.05, 3.63) is 47.4 Å². The zero-order chi connectivity index (χ0) is 36.1. The number of carbonyl (C=O) groups excluding carboxylic acids is 2. The molecule has 3 aromatic heterocycles. The molecular formula is C36H58N10O3. The molecule has 2 amide bonds. The summed E-state index contributed by atoms with van der Waals surface area (Å²) in [6.45, 7) is 25.1. The van der Waals surface area contributed by atoms with E-state index in [1.807, 2.05) is 91.1 Å². The van der Waals surface area contributed by atoms with Crippen molar-refractivity contribution in [3.63, 3.8) is 0 Å². The van der Waals surface area contributed by atoms with Gasteiger partial charge in [-0.05, 0) is 79.4 Å². The second-order valence-corrected chi connectivity index (χ2v) is 12.6. The Morgan fingerprint density at radius 3 is 2.41 bits per heavy atom. The summed E-state index contributed by atoms with van der Waals surface area (Å²) in [6.07, 6.45) is 2.44. The van der Waals surface area contributed by atoms with Crippen LogP contribution in [0.1, 0.15) is 90.3 Å². The van der Waals surface area contributed by atoms with Crippen molar-refractivity contribution < 1.29 is 14.3 Å². The highest BCUT2D eigenvalue weighted by Crippen LogP contribution is 2.32. The van der Waals surface area contributed by atoms with Crippen LogP contribution in [-0.2, 0) is 24.4 Å². The summed E-state index contributed by atoms with van der Waals surface area (Å²) in [5.41, 5.74) is 2.69. The van der Waals surface area contributed by atoms with Crippen molar-refractivity contribution in [2.75, 3.05) is 63.1 Å². The fourth-order valence-corrected chi connectivity index (χ4v) is 5.72. The normalized spacial score (nSPS) is 14.6. The Labute approximate surface area is 293 Å². The second kappa shape index (κ2) is 18.6. The maximum atomic E-state index is 13.7. The zero-order valence-electron chi connectivity index (χ0n) is 31.4. The standard InChI is InChI=1S/C32H46N10O3.2C2H6/c1-7-33-27-19-23-24(20-42(30(23)43)28-12-9-11-25(36-28)29-37-34-22-40(29)8-2)26(35-27)21-38(6)13-10-14-39-15-17-41(18-16-39)31(44)45-32(3,4)5;2*1-2/h9,11-12,19,22H,7-8,10,13-18,20-21H2,1-6H3,(H,33,35);2*1-2H3. The van der Waals surface area contributed by atoms with Gasteiger partial charge in [-0.15, -0.1) is 10.2 Å². The highest BCUT2D eigenvalue weighted by atomic mass is 16.6. The highest BCUT2D eigenvalue weighted by molar-refractivity contribution is 6.10. The van der Waals surface area contributed by atoms with Gasteiger partial charge in [-0.2, -0.15) is 0 Å². The zero-order valence-corrected chi connectivity index (χ0v) is 31.4. The van der Waals surface area contributed by atoms with Crippen molar-refractivity contribution in [1.29, 1.82) is 0 Å². The first-order chi connectivity index (χ1) is 23.6. The Kier molecular flexibility index (Phi) is 14.9. The highest BCUT2D eigenvalue weighted by Gasteiger charge is 2.33. The molecule has 3 aromatic rings. The number of anilines is 2. The quantitative estimate of drug-likeness (QED) is 0.267. The van der Waals surface area contributed by atoms with Crippen molar-refractivity contribution in [3.8, 4) is 11.5 Å². The van der Waals surface area contributed by atoms with Crippen molar-refractivity contribution >= 4 is 23.6 Å². The molecule has 0 aliphatic carbocycles. The average Bonchev–Trinajstić information content (AvgIpc) is 3.71. The summed E-state index contributed by atoms with van der Waals surface area (Å²) < 4.78 is 7.45. The van der Waals surface area contributed by atoms with Gasteiger partial charge in [0.15, 0.2) is 5.82 Å². The molecule has 0 unspecified atom stereocenters. The van der Waals surface area contributed by atoms with Crippen LogP contribution in [0.5, 0.6) is 0 Å². The van der Waals surface area contributed by atoms with Gasteiger partial charge in [-0.1, -0.05) is 33.8 Å². The van der Waals surface area contributed by atoms with Gasteiger partial charge in [0.1, 0.15) is 29.3 Å². The van der Waals surface area contributed by atoms with E-state index in [0.29, 0.717) is 61.4 Å². The van der Waals surface area contributed by atoms with E-state index in [9.17, 15) is 9.59 Å². The number of piperazine rings is 1. The Morgan fingerprint density at radius 1 is 1.04 bits per heavy atom. The van der Waals surface area contributed by atoms with E-state index < -0.39 is 5.60 Å². The number of aryl methyl sites for hydroxylation is 1. The summed E-state index contributed by atoms with van der Waals surface area (Å²) in [4.78, 5) is 44.0. The largest absolute Gasteiger partial charge is 0.444 e. The predicted molar refractivity (Wildman–Crippen MR) is 196 cm³/mol. The van der Waals surface area contributed by atoms with Crippen LogP contribution in [0.25, 0.3) is 11.5 Å². The van der Waals surface area contributed by atoms with Gasteiger partial charge in [0.05, 0.1) is 17.8 Å². The lowest BCUT2D eigenvalue weighted by Gasteiger charge is -2.35. The molecule has 13 nitrogen and oxygen atoms in total. The van der Waals surface area contributed by atoms with Crippen LogP contribution in [-0.4, -0.2) is 110 Å². The van der Waals surface area contributed by atoms with Gasteiger partial charge >= 0.3 is 6.09 Å². The molecule has 0 aromatic carbocycles. The molecule has 2 aliphatic heterocycles. The monoisotopic (exact) mass is 678 g/mol. The number of rotatable bonds is 11. The van der Waals surface area contributed by atoms with E-state index >= 15 is 0 Å². The van der Waals surface area contributed by atoms with Crippen molar-refractivity contribution in [2.45, 2.75) is 94.0 Å². The molecule has 1 saturated heterocycles. The van der Waals surface area contributed by atoms with E-state index in [2.05, 4.69) is 32.4 Å². The summed E-state index contributed by atoms with van der Waals surface area (Å²) in [6, 6.07) is 7.51. The maximum absolute atomic E-state index is 13.7. The Hall–Kier alpha value is -4.10. The molecule has 49 heavy (non-hydrogen) atoms. The first kappa shape index (κ1) is 39.3. The molecule has 5 heterocycles. The number of hydrogen-bond acceptors (Lipinski definition) is 10. The van der Waals surface area contributed by atoms with Crippen molar-refractivity contribution in [2.24, 2.45) is 0 Å². The number of aromatic nitrogens is 5. The number of nitrogens with one attached hydrogen (secondary N) is 1. The van der Waals surface area contributed by atoms with Crippen LogP contribution in [0.4, 0.5) is 16.4 Å². The molecular weight excluding hydrogens is 620 g/mol. The Morgan fingerprint density at radius 2 is 1.76 bits per heavy atom. The third-order valence-electron chi connectivity index (χ3n) is 8.01. The lowest BCUT2D eigenvalue weighted by molar-refractivity contribution is 0.0143. The molecule has 1 N–H and O–H groups in total. The van der Waals surface area contributed by atoms with Crippen LogP contribution in [0, 0.1) is 0 Å². The predicted octanol–water partition coefficient (Wildman–Crippen LogP) is 5.77. The number of amides is 2. The van der Waals surface area contributed by atoms with Gasteiger partial charge in [-0.3, -0.25) is 14.6 Å². The van der Waals surface area contributed by atoms with E-state index in [4.69, 9.17) is 14.7 Å². The lowest BCUT2D eigenvalue weighted by atomic mass is 10.1. The minimum absolute atomic E-state index is 0.0809. The molecule has 0 saturated carbocycles. The molecule has 0 radical (unpaired) electrons. The van der Waals surface area contributed by atoms with Crippen LogP contribution < -0.4 is 10.2 Å². The van der Waals surface area contributed by atoms with Gasteiger partial charge in [0.2, 0.25) is 0 Å². The second-order valence-electron chi connectivity index (χ2n) is 12.6. The van der Waals surface area contributed by atoms with E-state index in [-0.39, 0.29) is 12.0 Å². The summed E-state index contributed by atoms with van der Waals surface area (Å²) >= 11 is 0. The summed E-state index contributed by atoms with van der Waals surface area (Å²) in [5, 5.41) is 11.6. The minimum Gasteiger partial charge on any atom is -0.444 e. The smallest absolute Gasteiger partial charge is 0.410 e. The lowest BCUT2D eigenvalue weighted by Crippen LogP contribution is -2.50. The van der Waals surface area contributed by atoms with E-state index in [1.165, 1.54) is 0 Å². The molecule has 2 aliphatic rings. The van der Waals surface area contributed by atoms with E-state index in [1.54, 1.807) is 16.1 Å². The molecule has 0 atom stereocenters. The minimum atomic E-state index is -0.481. The molecule has 0 bridgehead atoms. The number of ether oxygens (including phenoxy) is 1. The maximum Gasteiger partial charge on any atom is 0.410 e. The molecule has 13 heteroatoms. The molecule has 0 spiro atoms. The molecule has 270 valence electrons. The van der Waals surface area contributed by atoms with Gasteiger partial charge in [0, 0.05) is 51.4 Å². The first-order valence-corrected chi connectivity index (χ1v) is 17.9. The van der Waals surface area contributed by atoms with Crippen LogP contribution in [0.2, 0.25) is 0 Å². The van der Waals surface area contributed by atoms with Gasteiger partial charge in [-0.25, -0.2) is 14.8 Å². The number of pyridine rings is 2. The van der Waals surface area contributed by atoms with Crippen molar-refractivity contribution in [1.82, 2.24) is 39.4 Å². The summed E-state index contributed by atoms with van der Waals surface area (Å²) in [5.74, 6) is 1.88. The SMILES string of the molecule is CC.CC.CCNc1cc2c(c(CN(C)CCCN3CCN(C(=O)OC(C)(C)C)CC3)n1)CN(c1cccc(-c3nncn3CC)n1)C2=O.